The maximum Gasteiger partial charge on any atom is 0.237 e. The van der Waals surface area contributed by atoms with Crippen LogP contribution in [0.2, 0.25) is 0 Å². The molecular formula is C15H30N2O. The zero-order valence-corrected chi connectivity index (χ0v) is 12.7. The van der Waals surface area contributed by atoms with E-state index in [9.17, 15) is 4.79 Å². The topological polar surface area (TPSA) is 55.1 Å². The van der Waals surface area contributed by atoms with Crippen LogP contribution in [0.25, 0.3) is 0 Å². The molecule has 1 fully saturated rings. The first-order valence-corrected chi connectivity index (χ1v) is 7.20. The second kappa shape index (κ2) is 5.60. The van der Waals surface area contributed by atoms with Crippen LogP contribution in [0, 0.1) is 11.3 Å². The second-order valence-electron chi connectivity index (χ2n) is 7.40. The molecule has 0 bridgehead atoms. The summed E-state index contributed by atoms with van der Waals surface area (Å²) in [5.41, 5.74) is 5.23. The number of carbonyl (C=O) groups is 1. The van der Waals surface area contributed by atoms with E-state index in [1.54, 1.807) is 0 Å². The molecule has 0 saturated heterocycles. The van der Waals surface area contributed by atoms with Gasteiger partial charge in [0, 0.05) is 6.04 Å². The molecule has 1 aliphatic carbocycles. The van der Waals surface area contributed by atoms with Crippen LogP contribution in [-0.2, 0) is 4.79 Å². The minimum Gasteiger partial charge on any atom is -0.368 e. The molecule has 0 aromatic heterocycles. The Balaban J connectivity index is 2.55. The van der Waals surface area contributed by atoms with E-state index in [0.29, 0.717) is 11.5 Å². The minimum atomic E-state index is -0.591. The van der Waals surface area contributed by atoms with Crippen molar-refractivity contribution in [2.24, 2.45) is 17.1 Å². The largest absolute Gasteiger partial charge is 0.368 e. The fraction of sp³-hybridized carbons (Fsp3) is 0.933. The first-order chi connectivity index (χ1) is 8.13. The lowest BCUT2D eigenvalue weighted by Crippen LogP contribution is -2.54. The number of nitrogens with two attached hydrogens (primary N) is 1. The Hall–Kier alpha value is -0.570. The molecule has 0 aromatic carbocycles. The fourth-order valence-corrected chi connectivity index (χ4v) is 2.89. The van der Waals surface area contributed by atoms with Gasteiger partial charge in [0.2, 0.25) is 5.91 Å². The first kappa shape index (κ1) is 15.5. The summed E-state index contributed by atoms with van der Waals surface area (Å²) >= 11 is 0. The van der Waals surface area contributed by atoms with Crippen LogP contribution in [0.4, 0.5) is 0 Å². The summed E-state index contributed by atoms with van der Waals surface area (Å²) in [4.78, 5) is 11.4. The van der Waals surface area contributed by atoms with Crippen molar-refractivity contribution in [2.75, 3.05) is 0 Å². The zero-order valence-electron chi connectivity index (χ0n) is 12.7. The van der Waals surface area contributed by atoms with Crippen molar-refractivity contribution in [3.8, 4) is 0 Å². The molecule has 1 aliphatic rings. The summed E-state index contributed by atoms with van der Waals surface area (Å²) in [7, 11) is 0. The predicted octanol–water partition coefficient (Wildman–Crippen LogP) is 2.83. The van der Waals surface area contributed by atoms with Crippen molar-refractivity contribution in [3.63, 3.8) is 0 Å². The Morgan fingerprint density at radius 3 is 2.17 bits per heavy atom. The van der Waals surface area contributed by atoms with E-state index in [1.807, 2.05) is 13.8 Å². The molecule has 1 saturated carbocycles. The van der Waals surface area contributed by atoms with E-state index < -0.39 is 5.54 Å². The Labute approximate surface area is 112 Å². The molecule has 1 rings (SSSR count). The van der Waals surface area contributed by atoms with Crippen LogP contribution in [0.5, 0.6) is 0 Å². The zero-order chi connectivity index (χ0) is 14.0. The normalized spacial score (nSPS) is 26.7. The third kappa shape index (κ3) is 4.27. The molecule has 0 aromatic rings. The number of nitrogens with one attached hydrogen (secondary N) is 1. The van der Waals surface area contributed by atoms with Crippen molar-refractivity contribution < 1.29 is 4.79 Å². The standard InChI is InChI=1S/C15H30N2O/c1-14(2,3)11-7-6-8-12(10-9-11)17-15(4,5)13(16)18/h11-12,17H,6-10H2,1-5H3,(H2,16,18). The van der Waals surface area contributed by atoms with Crippen molar-refractivity contribution in [3.05, 3.63) is 0 Å². The van der Waals surface area contributed by atoms with Gasteiger partial charge in [-0.2, -0.15) is 0 Å². The maximum atomic E-state index is 11.4. The molecule has 1 amide bonds. The monoisotopic (exact) mass is 254 g/mol. The smallest absolute Gasteiger partial charge is 0.237 e. The van der Waals surface area contributed by atoms with Crippen LogP contribution in [0.15, 0.2) is 0 Å². The van der Waals surface area contributed by atoms with Crippen molar-refractivity contribution in [2.45, 2.75) is 78.3 Å². The molecule has 3 heteroatoms. The molecule has 106 valence electrons. The number of rotatable bonds is 3. The van der Waals surface area contributed by atoms with E-state index in [-0.39, 0.29) is 5.91 Å². The second-order valence-corrected chi connectivity index (χ2v) is 7.40. The van der Waals surface area contributed by atoms with Gasteiger partial charge in [-0.25, -0.2) is 0 Å². The summed E-state index contributed by atoms with van der Waals surface area (Å²) in [6, 6.07) is 0.430. The minimum absolute atomic E-state index is 0.265. The van der Waals surface area contributed by atoms with Crippen LogP contribution in [0.3, 0.4) is 0 Å². The average molecular weight is 254 g/mol. The molecular weight excluding hydrogens is 224 g/mol. The van der Waals surface area contributed by atoms with E-state index in [1.165, 1.54) is 19.3 Å². The van der Waals surface area contributed by atoms with E-state index >= 15 is 0 Å². The van der Waals surface area contributed by atoms with Crippen molar-refractivity contribution in [1.82, 2.24) is 5.32 Å². The lowest BCUT2D eigenvalue weighted by atomic mass is 9.76. The number of amides is 1. The quantitative estimate of drug-likeness (QED) is 0.761. The van der Waals surface area contributed by atoms with Crippen LogP contribution in [-0.4, -0.2) is 17.5 Å². The van der Waals surface area contributed by atoms with Crippen molar-refractivity contribution >= 4 is 5.91 Å². The number of carbonyl (C=O) groups excluding carboxylic acids is 1. The molecule has 0 heterocycles. The van der Waals surface area contributed by atoms with Crippen LogP contribution < -0.4 is 11.1 Å². The number of primary amides is 1. The Morgan fingerprint density at radius 1 is 1.06 bits per heavy atom. The number of hydrogen-bond acceptors (Lipinski definition) is 2. The lowest BCUT2D eigenvalue weighted by Gasteiger charge is -2.31. The highest BCUT2D eigenvalue weighted by atomic mass is 16.1. The third-order valence-corrected chi connectivity index (χ3v) is 4.37. The molecule has 0 radical (unpaired) electrons. The van der Waals surface area contributed by atoms with Crippen LogP contribution >= 0.6 is 0 Å². The fourth-order valence-electron chi connectivity index (χ4n) is 2.89. The first-order valence-electron chi connectivity index (χ1n) is 7.20. The van der Waals surface area contributed by atoms with Gasteiger partial charge in [0.05, 0.1) is 5.54 Å². The van der Waals surface area contributed by atoms with Gasteiger partial charge >= 0.3 is 0 Å². The highest BCUT2D eigenvalue weighted by Crippen LogP contribution is 2.37. The summed E-state index contributed by atoms with van der Waals surface area (Å²) in [6.45, 7) is 10.7. The predicted molar refractivity (Wildman–Crippen MR) is 76.2 cm³/mol. The molecule has 0 aliphatic heterocycles. The molecule has 2 unspecified atom stereocenters. The summed E-state index contributed by atoms with van der Waals surface area (Å²) < 4.78 is 0. The lowest BCUT2D eigenvalue weighted by molar-refractivity contribution is -0.123. The van der Waals surface area contributed by atoms with Gasteiger partial charge in [-0.3, -0.25) is 4.79 Å². The maximum absolute atomic E-state index is 11.4. The van der Waals surface area contributed by atoms with Gasteiger partial charge in [-0.05, 0) is 50.9 Å². The summed E-state index contributed by atoms with van der Waals surface area (Å²) in [6.07, 6.45) is 6.10. The van der Waals surface area contributed by atoms with Gasteiger partial charge in [0.15, 0.2) is 0 Å². The molecule has 18 heavy (non-hydrogen) atoms. The highest BCUT2D eigenvalue weighted by molar-refractivity contribution is 5.83. The van der Waals surface area contributed by atoms with E-state index in [4.69, 9.17) is 5.73 Å². The van der Waals surface area contributed by atoms with Gasteiger partial charge < -0.3 is 11.1 Å². The Morgan fingerprint density at radius 2 is 1.67 bits per heavy atom. The SMILES string of the molecule is CC(C)(NC1CCCC(C(C)(C)C)CC1)C(N)=O. The third-order valence-electron chi connectivity index (χ3n) is 4.37. The van der Waals surface area contributed by atoms with Gasteiger partial charge in [-0.15, -0.1) is 0 Å². The van der Waals surface area contributed by atoms with Gasteiger partial charge in [0.25, 0.3) is 0 Å². The van der Waals surface area contributed by atoms with Crippen molar-refractivity contribution in [1.29, 1.82) is 0 Å². The highest BCUT2D eigenvalue weighted by Gasteiger charge is 2.31. The molecule has 2 atom stereocenters. The Bertz CT molecular complexity index is 291. The average Bonchev–Trinajstić information content (AvgIpc) is 2.41. The molecule has 3 N–H and O–H groups in total. The molecule has 3 nitrogen and oxygen atoms in total. The summed E-state index contributed by atoms with van der Waals surface area (Å²) in [5, 5.41) is 3.43. The Kier molecular flexibility index (Phi) is 4.82. The van der Waals surface area contributed by atoms with E-state index in [2.05, 4.69) is 26.1 Å². The summed E-state index contributed by atoms with van der Waals surface area (Å²) in [5.74, 6) is 0.528. The van der Waals surface area contributed by atoms with Gasteiger partial charge in [-0.1, -0.05) is 27.2 Å². The van der Waals surface area contributed by atoms with Crippen LogP contribution in [0.1, 0.15) is 66.7 Å². The molecule has 0 spiro atoms. The number of hydrogen-bond donors (Lipinski definition) is 2. The van der Waals surface area contributed by atoms with Gasteiger partial charge in [0.1, 0.15) is 0 Å². The van der Waals surface area contributed by atoms with E-state index in [0.717, 1.165) is 18.8 Å².